The zero-order valence-electron chi connectivity index (χ0n) is 17.8. The van der Waals surface area contributed by atoms with Crippen LogP contribution in [-0.4, -0.2) is 28.8 Å². The van der Waals surface area contributed by atoms with Crippen LogP contribution in [0, 0.1) is 6.92 Å². The minimum Gasteiger partial charge on any atom is -0.322 e. The van der Waals surface area contributed by atoms with Crippen LogP contribution in [0.1, 0.15) is 28.8 Å². The summed E-state index contributed by atoms with van der Waals surface area (Å²) >= 11 is 0. The molecular weight excluding hydrogens is 462 g/mol. The lowest BCUT2D eigenvalue weighted by atomic mass is 10.2. The average molecular weight is 486 g/mol. The van der Waals surface area contributed by atoms with Crippen molar-refractivity contribution in [3.05, 3.63) is 83.9 Å². The van der Waals surface area contributed by atoms with Gasteiger partial charge < -0.3 is 5.32 Å². The molecule has 0 saturated heterocycles. The Labute approximate surface area is 193 Å². The molecule has 0 spiro atoms. The molecule has 0 aliphatic heterocycles. The fraction of sp³-hybridized carbons (Fsp3) is 0.174. The highest BCUT2D eigenvalue weighted by Crippen LogP contribution is 2.23. The fourth-order valence-electron chi connectivity index (χ4n) is 3.03. The van der Waals surface area contributed by atoms with Crippen LogP contribution < -0.4 is 14.8 Å². The van der Waals surface area contributed by atoms with Crippen molar-refractivity contribution in [1.82, 2.24) is 4.72 Å². The van der Waals surface area contributed by atoms with Crippen LogP contribution in [-0.2, 0) is 20.0 Å². The van der Waals surface area contributed by atoms with Gasteiger partial charge in [-0.15, -0.1) is 0 Å². The summed E-state index contributed by atoms with van der Waals surface area (Å²) in [5, 5.41) is 2.71. The number of hydrogen-bond acceptors (Lipinski definition) is 5. The molecule has 3 aromatic carbocycles. The molecule has 0 atom stereocenters. The molecule has 1 amide bonds. The highest BCUT2D eigenvalue weighted by molar-refractivity contribution is 7.92. The van der Waals surface area contributed by atoms with Gasteiger partial charge in [-0.25, -0.2) is 21.6 Å². The number of carbonyl (C=O) groups is 1. The summed E-state index contributed by atoms with van der Waals surface area (Å²) in [5.41, 5.74) is 2.07. The van der Waals surface area contributed by atoms with E-state index in [-0.39, 0.29) is 15.8 Å². The van der Waals surface area contributed by atoms with Gasteiger partial charge in [0.15, 0.2) is 0 Å². The van der Waals surface area contributed by atoms with Crippen LogP contribution in [0.15, 0.2) is 82.6 Å². The first-order chi connectivity index (χ1) is 15.6. The molecule has 3 aromatic rings. The molecule has 0 heterocycles. The molecule has 0 unspecified atom stereocenters. The molecule has 1 fully saturated rings. The maximum atomic E-state index is 12.5. The van der Waals surface area contributed by atoms with Crippen LogP contribution in [0.4, 0.5) is 11.4 Å². The van der Waals surface area contributed by atoms with Crippen molar-refractivity contribution in [2.24, 2.45) is 0 Å². The lowest BCUT2D eigenvalue weighted by Gasteiger charge is -2.10. The zero-order chi connectivity index (χ0) is 23.6. The van der Waals surface area contributed by atoms with E-state index in [9.17, 15) is 21.6 Å². The molecule has 0 aromatic heterocycles. The Morgan fingerprint density at radius 2 is 1.24 bits per heavy atom. The Morgan fingerprint density at radius 1 is 0.727 bits per heavy atom. The number of hydrogen-bond donors (Lipinski definition) is 3. The minimum absolute atomic E-state index is 0.00214. The summed E-state index contributed by atoms with van der Waals surface area (Å²) < 4.78 is 54.5. The van der Waals surface area contributed by atoms with E-state index in [1.165, 1.54) is 36.4 Å². The summed E-state index contributed by atoms with van der Waals surface area (Å²) in [6.07, 6.45) is 1.68. The molecular formula is C23H23N3O5S2. The molecule has 172 valence electrons. The van der Waals surface area contributed by atoms with Gasteiger partial charge in [-0.3, -0.25) is 9.52 Å². The van der Waals surface area contributed by atoms with Gasteiger partial charge in [0, 0.05) is 23.0 Å². The number of nitrogens with one attached hydrogen (secondary N) is 3. The summed E-state index contributed by atoms with van der Waals surface area (Å²) in [6, 6.07) is 18.4. The number of amides is 1. The third kappa shape index (κ3) is 5.78. The van der Waals surface area contributed by atoms with Crippen molar-refractivity contribution >= 4 is 37.3 Å². The first-order valence-corrected chi connectivity index (χ1v) is 13.2. The van der Waals surface area contributed by atoms with E-state index in [1.807, 2.05) is 6.92 Å². The molecule has 1 aliphatic rings. The fourth-order valence-corrected chi connectivity index (χ4v) is 5.39. The number of sulfonamides is 2. The van der Waals surface area contributed by atoms with E-state index in [2.05, 4.69) is 14.8 Å². The van der Waals surface area contributed by atoms with Gasteiger partial charge in [-0.2, -0.15) is 0 Å². The highest BCUT2D eigenvalue weighted by Gasteiger charge is 2.28. The number of rotatable bonds is 8. The lowest BCUT2D eigenvalue weighted by molar-refractivity contribution is 0.102. The van der Waals surface area contributed by atoms with Crippen LogP contribution >= 0.6 is 0 Å². The Morgan fingerprint density at radius 3 is 1.82 bits per heavy atom. The maximum Gasteiger partial charge on any atom is 0.261 e. The van der Waals surface area contributed by atoms with Gasteiger partial charge >= 0.3 is 0 Å². The number of anilines is 2. The van der Waals surface area contributed by atoms with Crippen molar-refractivity contribution in [3.8, 4) is 0 Å². The maximum absolute atomic E-state index is 12.5. The third-order valence-electron chi connectivity index (χ3n) is 5.05. The number of benzene rings is 3. The predicted octanol–water partition coefficient (Wildman–Crippen LogP) is 3.49. The van der Waals surface area contributed by atoms with Crippen LogP contribution in [0.5, 0.6) is 0 Å². The van der Waals surface area contributed by atoms with E-state index in [0.29, 0.717) is 16.9 Å². The predicted molar refractivity (Wildman–Crippen MR) is 126 cm³/mol. The Bertz CT molecular complexity index is 1360. The minimum atomic E-state index is -3.72. The second-order valence-corrected chi connectivity index (χ2v) is 11.3. The van der Waals surface area contributed by atoms with E-state index >= 15 is 0 Å². The van der Waals surface area contributed by atoms with Crippen LogP contribution in [0.25, 0.3) is 0 Å². The van der Waals surface area contributed by atoms with Gasteiger partial charge in [0.25, 0.3) is 15.9 Å². The van der Waals surface area contributed by atoms with Crippen molar-refractivity contribution in [1.29, 1.82) is 0 Å². The number of carbonyl (C=O) groups excluding carboxylic acids is 1. The smallest absolute Gasteiger partial charge is 0.261 e. The monoisotopic (exact) mass is 485 g/mol. The normalized spacial score (nSPS) is 14.0. The largest absolute Gasteiger partial charge is 0.322 e. The molecule has 1 aliphatic carbocycles. The SMILES string of the molecule is Cc1ccc(S(=O)(=O)Nc2ccc(NC(=O)c3ccc(S(=O)(=O)NC4CC4)cc3)cc2)cc1. The van der Waals surface area contributed by atoms with Gasteiger partial charge in [0.05, 0.1) is 9.79 Å². The van der Waals surface area contributed by atoms with Crippen molar-refractivity contribution in [2.75, 3.05) is 10.0 Å². The van der Waals surface area contributed by atoms with Crippen molar-refractivity contribution < 1.29 is 21.6 Å². The average Bonchev–Trinajstić information content (AvgIpc) is 3.58. The summed E-state index contributed by atoms with van der Waals surface area (Å²) in [7, 11) is -7.30. The summed E-state index contributed by atoms with van der Waals surface area (Å²) in [5.74, 6) is -0.415. The van der Waals surface area contributed by atoms with Crippen molar-refractivity contribution in [3.63, 3.8) is 0 Å². The molecule has 8 nitrogen and oxygen atoms in total. The van der Waals surface area contributed by atoms with Crippen LogP contribution in [0.3, 0.4) is 0 Å². The van der Waals surface area contributed by atoms with Crippen LogP contribution in [0.2, 0.25) is 0 Å². The van der Waals surface area contributed by atoms with Crippen molar-refractivity contribution in [2.45, 2.75) is 35.6 Å². The molecule has 1 saturated carbocycles. The quantitative estimate of drug-likeness (QED) is 0.451. The van der Waals surface area contributed by atoms with E-state index < -0.39 is 26.0 Å². The first-order valence-electron chi connectivity index (χ1n) is 10.3. The second kappa shape index (κ2) is 8.97. The lowest BCUT2D eigenvalue weighted by Crippen LogP contribution is -2.25. The zero-order valence-corrected chi connectivity index (χ0v) is 19.4. The highest BCUT2D eigenvalue weighted by atomic mass is 32.2. The van der Waals surface area contributed by atoms with Gasteiger partial charge in [0.2, 0.25) is 10.0 Å². The molecule has 0 radical (unpaired) electrons. The Balaban J connectivity index is 1.39. The molecule has 10 heteroatoms. The number of aryl methyl sites for hydroxylation is 1. The molecule has 3 N–H and O–H groups in total. The first kappa shape index (κ1) is 23.0. The molecule has 0 bridgehead atoms. The van der Waals surface area contributed by atoms with Gasteiger partial charge in [0.1, 0.15) is 0 Å². The Hall–Kier alpha value is -3.21. The van der Waals surface area contributed by atoms with Gasteiger partial charge in [-0.1, -0.05) is 17.7 Å². The second-order valence-electron chi connectivity index (χ2n) is 7.87. The molecule has 4 rings (SSSR count). The summed E-state index contributed by atoms with van der Waals surface area (Å²) in [6.45, 7) is 1.87. The third-order valence-corrected chi connectivity index (χ3v) is 7.99. The van der Waals surface area contributed by atoms with E-state index in [1.54, 1.807) is 36.4 Å². The van der Waals surface area contributed by atoms with E-state index in [4.69, 9.17) is 0 Å². The molecule has 33 heavy (non-hydrogen) atoms. The standard InChI is InChI=1S/C23H23N3O5S2/c1-16-2-12-21(13-3-16)32(28,29)25-19-8-6-18(7-9-19)24-23(27)17-4-14-22(15-5-17)33(30,31)26-20-10-11-20/h2-9,12-15,20,25-26H,10-11H2,1H3,(H,24,27). The van der Waals surface area contributed by atoms with Gasteiger partial charge in [-0.05, 0) is 80.4 Å². The Kier molecular flexibility index (Phi) is 6.24. The van der Waals surface area contributed by atoms with E-state index in [0.717, 1.165) is 18.4 Å². The summed E-state index contributed by atoms with van der Waals surface area (Å²) in [4.78, 5) is 12.8. The topological polar surface area (TPSA) is 121 Å².